The van der Waals surface area contributed by atoms with E-state index in [1.807, 2.05) is 13.8 Å². The number of rotatable bonds is 7. The molecule has 1 aliphatic heterocycles. The van der Waals surface area contributed by atoms with Crippen molar-refractivity contribution in [1.82, 2.24) is 14.9 Å². The minimum Gasteiger partial charge on any atom is -0.357 e. The summed E-state index contributed by atoms with van der Waals surface area (Å²) in [6.45, 7) is 7.69. The molecular weight excluding hydrogens is 417 g/mol. The molecule has 1 atom stereocenters. The van der Waals surface area contributed by atoms with Crippen molar-refractivity contribution in [2.75, 3.05) is 32.7 Å². The zero-order valence-corrected chi connectivity index (χ0v) is 18.5. The molecule has 2 N–H and O–H groups in total. The summed E-state index contributed by atoms with van der Waals surface area (Å²) >= 11 is 0. The van der Waals surface area contributed by atoms with Gasteiger partial charge in [-0.3, -0.25) is 4.99 Å². The van der Waals surface area contributed by atoms with Crippen molar-refractivity contribution in [2.45, 2.75) is 45.0 Å². The van der Waals surface area contributed by atoms with Gasteiger partial charge in [-0.25, -0.2) is 8.42 Å². The third-order valence-electron chi connectivity index (χ3n) is 5.28. The molecule has 0 spiro atoms. The summed E-state index contributed by atoms with van der Waals surface area (Å²) < 4.78 is 61.6. The molecule has 10 heteroatoms. The number of halogens is 3. The average molecular weight is 449 g/mol. The number of hydrogen-bond acceptors (Lipinski definition) is 3. The molecule has 6 nitrogen and oxygen atoms in total. The van der Waals surface area contributed by atoms with E-state index < -0.39 is 15.5 Å². The average Bonchev–Trinajstić information content (AvgIpc) is 2.70. The highest BCUT2D eigenvalue weighted by Gasteiger charge is 2.50. The van der Waals surface area contributed by atoms with Gasteiger partial charge in [-0.2, -0.15) is 17.5 Å². The van der Waals surface area contributed by atoms with E-state index in [0.29, 0.717) is 42.7 Å². The third kappa shape index (κ3) is 6.60. The molecule has 0 amide bonds. The third-order valence-corrected chi connectivity index (χ3v) is 6.91. The lowest BCUT2D eigenvalue weighted by Crippen LogP contribution is -2.47. The van der Waals surface area contributed by atoms with Gasteiger partial charge in [-0.05, 0) is 38.2 Å². The summed E-state index contributed by atoms with van der Waals surface area (Å²) in [5, 5.41) is 6.41. The van der Waals surface area contributed by atoms with Gasteiger partial charge in [0.1, 0.15) is 0 Å². The van der Waals surface area contributed by atoms with Crippen LogP contribution in [0.2, 0.25) is 0 Å². The Kier molecular flexibility index (Phi) is 8.54. The molecule has 0 aromatic heterocycles. The lowest BCUT2D eigenvalue weighted by Gasteiger charge is -2.31. The molecule has 0 aliphatic carbocycles. The molecule has 1 aromatic rings. The van der Waals surface area contributed by atoms with Gasteiger partial charge < -0.3 is 10.6 Å². The number of nitrogens with zero attached hydrogens (tertiary/aromatic N) is 2. The van der Waals surface area contributed by atoms with Crippen LogP contribution < -0.4 is 10.6 Å². The highest BCUT2D eigenvalue weighted by molar-refractivity contribution is 7.90. The van der Waals surface area contributed by atoms with E-state index >= 15 is 0 Å². The number of benzene rings is 1. The van der Waals surface area contributed by atoms with E-state index in [-0.39, 0.29) is 24.9 Å². The summed E-state index contributed by atoms with van der Waals surface area (Å²) in [4.78, 5) is 4.62. The summed E-state index contributed by atoms with van der Waals surface area (Å²) in [7, 11) is -5.23. The van der Waals surface area contributed by atoms with Crippen molar-refractivity contribution in [1.29, 1.82) is 0 Å². The van der Waals surface area contributed by atoms with Crippen molar-refractivity contribution in [2.24, 2.45) is 10.9 Å². The van der Waals surface area contributed by atoms with Gasteiger partial charge in [0.05, 0.1) is 0 Å². The van der Waals surface area contributed by atoms with Crippen LogP contribution in [0, 0.1) is 12.8 Å². The normalized spacial score (nSPS) is 18.3. The number of hydrogen-bond donors (Lipinski definition) is 2. The molecule has 2 rings (SSSR count). The van der Waals surface area contributed by atoms with Gasteiger partial charge in [0.2, 0.25) is 0 Å². The predicted octanol–water partition coefficient (Wildman–Crippen LogP) is 3.22. The van der Waals surface area contributed by atoms with Crippen molar-refractivity contribution < 1.29 is 21.6 Å². The van der Waals surface area contributed by atoms with Crippen LogP contribution in [-0.4, -0.2) is 56.9 Å². The first-order chi connectivity index (χ1) is 14.0. The molecule has 1 aliphatic rings. The SMILES string of the molecule is CCNC(=NCC(C)c1ccc(C)cc1)NCC1CCN(S(=O)(=O)C(F)(F)F)CC1. The van der Waals surface area contributed by atoms with Crippen LogP contribution in [0.25, 0.3) is 0 Å². The van der Waals surface area contributed by atoms with Crippen molar-refractivity contribution >= 4 is 16.0 Å². The number of alkyl halides is 3. The van der Waals surface area contributed by atoms with Crippen LogP contribution in [0.3, 0.4) is 0 Å². The summed E-state index contributed by atoms with van der Waals surface area (Å²) in [6, 6.07) is 8.34. The van der Waals surface area contributed by atoms with Gasteiger partial charge in [0, 0.05) is 38.6 Å². The Hall–Kier alpha value is -1.81. The van der Waals surface area contributed by atoms with Crippen LogP contribution in [-0.2, 0) is 10.0 Å². The minimum atomic E-state index is -5.24. The number of sulfonamides is 1. The maximum Gasteiger partial charge on any atom is 0.511 e. The predicted molar refractivity (Wildman–Crippen MR) is 113 cm³/mol. The first-order valence-electron chi connectivity index (χ1n) is 10.2. The fraction of sp³-hybridized carbons (Fsp3) is 0.650. The van der Waals surface area contributed by atoms with Crippen LogP contribution >= 0.6 is 0 Å². The molecule has 170 valence electrons. The number of aryl methyl sites for hydroxylation is 1. The lowest BCUT2D eigenvalue weighted by molar-refractivity contribution is -0.0496. The van der Waals surface area contributed by atoms with Crippen LogP contribution in [0.4, 0.5) is 13.2 Å². The summed E-state index contributed by atoms with van der Waals surface area (Å²) in [5.74, 6) is 0.988. The first-order valence-corrected chi connectivity index (χ1v) is 11.6. The van der Waals surface area contributed by atoms with Crippen molar-refractivity contribution in [3.05, 3.63) is 35.4 Å². The van der Waals surface area contributed by atoms with Crippen LogP contribution in [0.5, 0.6) is 0 Å². The highest BCUT2D eigenvalue weighted by Crippen LogP contribution is 2.30. The number of aliphatic imine (C=N–C) groups is 1. The smallest absolute Gasteiger partial charge is 0.357 e. The second kappa shape index (κ2) is 10.5. The van der Waals surface area contributed by atoms with Crippen molar-refractivity contribution in [3.63, 3.8) is 0 Å². The lowest BCUT2D eigenvalue weighted by atomic mass is 9.98. The summed E-state index contributed by atoms with van der Waals surface area (Å²) in [5.41, 5.74) is -2.83. The number of piperidine rings is 1. The molecule has 30 heavy (non-hydrogen) atoms. The Morgan fingerprint density at radius 3 is 2.33 bits per heavy atom. The van der Waals surface area contributed by atoms with E-state index in [0.717, 1.165) is 0 Å². The molecule has 0 radical (unpaired) electrons. The van der Waals surface area contributed by atoms with E-state index in [9.17, 15) is 21.6 Å². The molecular formula is C20H31F3N4O2S. The Morgan fingerprint density at radius 1 is 1.20 bits per heavy atom. The van der Waals surface area contributed by atoms with E-state index in [2.05, 4.69) is 46.8 Å². The fourth-order valence-electron chi connectivity index (χ4n) is 3.31. The molecule has 1 fully saturated rings. The molecule has 0 saturated carbocycles. The topological polar surface area (TPSA) is 73.8 Å². The second-order valence-electron chi connectivity index (χ2n) is 7.71. The van der Waals surface area contributed by atoms with Crippen LogP contribution in [0.15, 0.2) is 29.3 Å². The zero-order chi connectivity index (χ0) is 22.4. The molecule has 1 aromatic carbocycles. The van der Waals surface area contributed by atoms with Crippen LogP contribution in [0.1, 0.15) is 43.7 Å². The largest absolute Gasteiger partial charge is 0.511 e. The molecule has 1 unspecified atom stereocenters. The molecule has 0 bridgehead atoms. The van der Waals surface area contributed by atoms with E-state index in [1.165, 1.54) is 11.1 Å². The quantitative estimate of drug-likeness (QED) is 0.496. The van der Waals surface area contributed by atoms with Gasteiger partial charge in [0.15, 0.2) is 5.96 Å². The van der Waals surface area contributed by atoms with Gasteiger partial charge in [0.25, 0.3) is 0 Å². The summed E-state index contributed by atoms with van der Waals surface area (Å²) in [6.07, 6.45) is 0.753. The maximum absolute atomic E-state index is 12.7. The Labute approximate surface area is 177 Å². The second-order valence-corrected chi connectivity index (χ2v) is 9.63. The van der Waals surface area contributed by atoms with Gasteiger partial charge in [-0.1, -0.05) is 36.8 Å². The fourth-order valence-corrected chi connectivity index (χ4v) is 4.30. The number of guanidine groups is 1. The van der Waals surface area contributed by atoms with Crippen molar-refractivity contribution in [3.8, 4) is 0 Å². The standard InChI is InChI=1S/C20H31F3N4O2S/c1-4-24-19(25-13-16(3)18-7-5-15(2)6-8-18)26-14-17-9-11-27(12-10-17)30(28,29)20(21,22)23/h5-8,16-17H,4,9-14H2,1-3H3,(H2,24,25,26). The van der Waals surface area contributed by atoms with Gasteiger partial charge in [-0.15, -0.1) is 0 Å². The molecule has 1 heterocycles. The zero-order valence-electron chi connectivity index (χ0n) is 17.7. The number of nitrogens with one attached hydrogen (secondary N) is 2. The molecule has 1 saturated heterocycles. The first kappa shape index (κ1) is 24.5. The Morgan fingerprint density at radius 2 is 1.80 bits per heavy atom. The van der Waals surface area contributed by atoms with E-state index in [4.69, 9.17) is 0 Å². The van der Waals surface area contributed by atoms with E-state index in [1.54, 1.807) is 0 Å². The minimum absolute atomic E-state index is 0.0862. The monoisotopic (exact) mass is 448 g/mol. The Balaban J connectivity index is 1.86. The van der Waals surface area contributed by atoms with Gasteiger partial charge >= 0.3 is 15.5 Å². The Bertz CT molecular complexity index is 802. The maximum atomic E-state index is 12.7. The highest BCUT2D eigenvalue weighted by atomic mass is 32.2.